The number of hydrogen-bond acceptors (Lipinski definition) is 7. The zero-order valence-corrected chi connectivity index (χ0v) is 28.6. The van der Waals surface area contributed by atoms with Crippen LogP contribution in [0.4, 0.5) is 0 Å². The van der Waals surface area contributed by atoms with Gasteiger partial charge in [0.15, 0.2) is 0 Å². The first-order valence-corrected chi connectivity index (χ1v) is 16.5. The average Bonchev–Trinajstić information content (AvgIpc) is 3.57. The molecule has 43 heavy (non-hydrogen) atoms. The first kappa shape index (κ1) is 35.3. The van der Waals surface area contributed by atoms with Crippen LogP contribution in [0.2, 0.25) is 0 Å². The highest BCUT2D eigenvalue weighted by molar-refractivity contribution is 5.91. The standard InChI is InChI=1S/C33H59N5O5/c1-22(2)26(36(10)30(41)27(32(3,4)5)34-28(39)23-15-11-12-18-35(23)9)21-37-19-13-16-24(37)29(40)38-20-14-17-25(38)31(42)43-33(6,7)8/h22-27H,11-21H2,1-10H3,(H,34,39)/t23-,24+,25+,26-,27-/m1/s1. The third-order valence-corrected chi connectivity index (χ3v) is 9.37. The molecule has 3 amide bonds. The van der Waals surface area contributed by atoms with Gasteiger partial charge in [-0.3, -0.25) is 24.2 Å². The van der Waals surface area contributed by atoms with E-state index in [2.05, 4.69) is 29.0 Å². The number of carbonyl (C=O) groups is 4. The van der Waals surface area contributed by atoms with Gasteiger partial charge in [0.05, 0.1) is 12.1 Å². The third kappa shape index (κ3) is 8.93. The summed E-state index contributed by atoms with van der Waals surface area (Å²) in [6, 6.07) is -1.91. The minimum absolute atomic E-state index is 0.0150. The number of amides is 3. The van der Waals surface area contributed by atoms with E-state index in [0.29, 0.717) is 19.5 Å². The fraction of sp³-hybridized carbons (Fsp3) is 0.879. The zero-order valence-electron chi connectivity index (χ0n) is 28.6. The highest BCUT2D eigenvalue weighted by Crippen LogP contribution is 2.29. The molecule has 0 aromatic carbocycles. The smallest absolute Gasteiger partial charge is 0.329 e. The molecule has 3 saturated heterocycles. The molecule has 0 aliphatic carbocycles. The molecule has 5 atom stereocenters. The Morgan fingerprint density at radius 3 is 2.05 bits per heavy atom. The number of piperidine rings is 1. The highest BCUT2D eigenvalue weighted by Gasteiger charge is 2.44. The normalized spacial score (nSPS) is 25.5. The summed E-state index contributed by atoms with van der Waals surface area (Å²) in [5.74, 6) is -0.404. The van der Waals surface area contributed by atoms with Crippen LogP contribution in [0.25, 0.3) is 0 Å². The Morgan fingerprint density at radius 2 is 1.47 bits per heavy atom. The van der Waals surface area contributed by atoms with Gasteiger partial charge in [0.25, 0.3) is 0 Å². The highest BCUT2D eigenvalue weighted by atomic mass is 16.6. The number of nitrogens with one attached hydrogen (secondary N) is 1. The number of carbonyl (C=O) groups excluding carboxylic acids is 4. The number of rotatable bonds is 9. The van der Waals surface area contributed by atoms with Crippen molar-refractivity contribution in [2.75, 3.05) is 40.3 Å². The van der Waals surface area contributed by atoms with Crippen LogP contribution in [0, 0.1) is 11.3 Å². The van der Waals surface area contributed by atoms with Gasteiger partial charge >= 0.3 is 5.97 Å². The average molecular weight is 606 g/mol. The van der Waals surface area contributed by atoms with Crippen molar-refractivity contribution in [1.29, 1.82) is 0 Å². The maximum Gasteiger partial charge on any atom is 0.329 e. The van der Waals surface area contributed by atoms with Gasteiger partial charge in [0, 0.05) is 26.2 Å². The van der Waals surface area contributed by atoms with Crippen LogP contribution < -0.4 is 5.32 Å². The van der Waals surface area contributed by atoms with E-state index in [1.54, 1.807) is 9.80 Å². The molecule has 3 heterocycles. The van der Waals surface area contributed by atoms with Gasteiger partial charge in [0.2, 0.25) is 17.7 Å². The van der Waals surface area contributed by atoms with Gasteiger partial charge in [0.1, 0.15) is 17.7 Å². The van der Waals surface area contributed by atoms with E-state index in [1.165, 1.54) is 0 Å². The lowest BCUT2D eigenvalue weighted by Crippen LogP contribution is -2.61. The SMILES string of the molecule is CC(C)[C@@H](CN1CCC[C@H]1C(=O)N1CCC[C@H]1C(=O)OC(C)(C)C)N(C)C(=O)[C@@H](NC(=O)[C@H]1CCCCN1C)C(C)(C)C. The summed E-state index contributed by atoms with van der Waals surface area (Å²) in [5.41, 5.74) is -1.08. The molecular formula is C33H59N5O5. The molecule has 0 spiro atoms. The monoisotopic (exact) mass is 605 g/mol. The molecule has 3 fully saturated rings. The molecule has 0 unspecified atom stereocenters. The van der Waals surface area contributed by atoms with Crippen molar-refractivity contribution in [1.82, 2.24) is 24.9 Å². The second-order valence-electron chi connectivity index (χ2n) is 15.4. The molecule has 246 valence electrons. The number of ether oxygens (including phenoxy) is 1. The lowest BCUT2D eigenvalue weighted by atomic mass is 9.84. The van der Waals surface area contributed by atoms with Crippen molar-refractivity contribution < 1.29 is 23.9 Å². The van der Waals surface area contributed by atoms with Crippen LogP contribution in [0.15, 0.2) is 0 Å². The number of nitrogens with zero attached hydrogens (tertiary/aromatic N) is 4. The third-order valence-electron chi connectivity index (χ3n) is 9.37. The molecule has 10 heteroatoms. The van der Waals surface area contributed by atoms with E-state index < -0.39 is 23.1 Å². The fourth-order valence-electron chi connectivity index (χ4n) is 6.84. The Balaban J connectivity index is 1.73. The Hall–Kier alpha value is -2.20. The van der Waals surface area contributed by atoms with Crippen molar-refractivity contribution in [3.8, 4) is 0 Å². The topological polar surface area (TPSA) is 103 Å². The van der Waals surface area contributed by atoms with Crippen molar-refractivity contribution in [2.45, 2.75) is 136 Å². The predicted molar refractivity (Wildman–Crippen MR) is 168 cm³/mol. The van der Waals surface area contributed by atoms with Crippen molar-refractivity contribution >= 4 is 23.7 Å². The fourth-order valence-corrected chi connectivity index (χ4v) is 6.84. The summed E-state index contributed by atoms with van der Waals surface area (Å²) in [5, 5.41) is 3.13. The van der Waals surface area contributed by atoms with E-state index in [0.717, 1.165) is 51.6 Å². The van der Waals surface area contributed by atoms with E-state index in [4.69, 9.17) is 4.74 Å². The van der Waals surface area contributed by atoms with E-state index in [9.17, 15) is 19.2 Å². The van der Waals surface area contributed by atoms with Crippen molar-refractivity contribution in [3.05, 3.63) is 0 Å². The summed E-state index contributed by atoms with van der Waals surface area (Å²) in [4.78, 5) is 62.1. The first-order chi connectivity index (χ1) is 19.9. The lowest BCUT2D eigenvalue weighted by molar-refractivity contribution is -0.164. The molecule has 3 aliphatic heterocycles. The van der Waals surface area contributed by atoms with Gasteiger partial charge in [-0.25, -0.2) is 4.79 Å². The zero-order chi connectivity index (χ0) is 32.3. The summed E-state index contributed by atoms with van der Waals surface area (Å²) in [7, 11) is 3.81. The first-order valence-electron chi connectivity index (χ1n) is 16.5. The van der Waals surface area contributed by atoms with Gasteiger partial charge in [-0.1, -0.05) is 41.0 Å². The maximum absolute atomic E-state index is 14.1. The molecular weight excluding hydrogens is 546 g/mol. The molecule has 3 aliphatic rings. The van der Waals surface area contributed by atoms with E-state index in [-0.39, 0.29) is 47.7 Å². The summed E-state index contributed by atoms with van der Waals surface area (Å²) in [6.07, 6.45) is 5.92. The van der Waals surface area contributed by atoms with Crippen LogP contribution in [0.1, 0.15) is 100 Å². The summed E-state index contributed by atoms with van der Waals surface area (Å²) >= 11 is 0. The van der Waals surface area contributed by atoms with E-state index in [1.807, 2.05) is 55.6 Å². The van der Waals surface area contributed by atoms with E-state index >= 15 is 0 Å². The van der Waals surface area contributed by atoms with Crippen LogP contribution in [0.3, 0.4) is 0 Å². The van der Waals surface area contributed by atoms with Gasteiger partial charge in [-0.2, -0.15) is 0 Å². The van der Waals surface area contributed by atoms with Crippen molar-refractivity contribution in [3.63, 3.8) is 0 Å². The molecule has 0 aromatic rings. The van der Waals surface area contributed by atoms with Crippen LogP contribution in [0.5, 0.6) is 0 Å². The molecule has 0 radical (unpaired) electrons. The van der Waals surface area contributed by atoms with Crippen LogP contribution in [-0.4, -0.2) is 119 Å². The van der Waals surface area contributed by atoms with Gasteiger partial charge in [-0.05, 0) is 90.8 Å². The molecule has 1 N–H and O–H groups in total. The predicted octanol–water partition coefficient (Wildman–Crippen LogP) is 3.28. The molecule has 0 aromatic heterocycles. The second kappa shape index (κ2) is 14.3. The quantitative estimate of drug-likeness (QED) is 0.403. The summed E-state index contributed by atoms with van der Waals surface area (Å²) in [6.45, 7) is 18.5. The lowest BCUT2D eigenvalue weighted by Gasteiger charge is -2.41. The Kier molecular flexibility index (Phi) is 11.7. The Bertz CT molecular complexity index is 1000. The number of likely N-dealkylation sites (tertiary alicyclic amines) is 3. The summed E-state index contributed by atoms with van der Waals surface area (Å²) < 4.78 is 5.64. The maximum atomic E-state index is 14.1. The molecule has 3 rings (SSSR count). The minimum atomic E-state index is -0.670. The number of likely N-dealkylation sites (N-methyl/N-ethyl adjacent to an activating group) is 2. The molecule has 0 saturated carbocycles. The Labute approximate surface area is 260 Å². The number of esters is 1. The minimum Gasteiger partial charge on any atom is -0.458 e. The van der Waals surface area contributed by atoms with Gasteiger partial charge < -0.3 is 19.9 Å². The van der Waals surface area contributed by atoms with Crippen LogP contribution >= 0.6 is 0 Å². The number of hydrogen-bond donors (Lipinski definition) is 1. The van der Waals surface area contributed by atoms with Gasteiger partial charge in [-0.15, -0.1) is 0 Å². The Morgan fingerprint density at radius 1 is 0.860 bits per heavy atom. The van der Waals surface area contributed by atoms with Crippen molar-refractivity contribution in [2.24, 2.45) is 11.3 Å². The largest absolute Gasteiger partial charge is 0.458 e. The molecule has 0 bridgehead atoms. The second-order valence-corrected chi connectivity index (χ2v) is 15.4. The van der Waals surface area contributed by atoms with Crippen LogP contribution in [-0.2, 0) is 23.9 Å². The molecule has 10 nitrogen and oxygen atoms in total.